The second kappa shape index (κ2) is 5.29. The maximum atomic E-state index is 11.8. The molecule has 0 saturated carbocycles. The lowest BCUT2D eigenvalue weighted by molar-refractivity contribution is 0.461. The smallest absolute Gasteiger partial charge is 0.292 e. The largest absolute Gasteiger partial charge is 0.503 e. The van der Waals surface area contributed by atoms with Crippen molar-refractivity contribution in [1.82, 2.24) is 4.57 Å². The molecule has 21 heavy (non-hydrogen) atoms. The second-order valence-electron chi connectivity index (χ2n) is 4.91. The maximum absolute atomic E-state index is 11.8. The topological polar surface area (TPSA) is 42.2 Å². The van der Waals surface area contributed by atoms with Crippen LogP contribution >= 0.6 is 0 Å². The number of pyridine rings is 1. The Morgan fingerprint density at radius 3 is 2.00 bits per heavy atom. The Hall–Kier alpha value is -2.81. The average Bonchev–Trinajstić information content (AvgIpc) is 2.54. The van der Waals surface area contributed by atoms with Crippen LogP contribution in [0.4, 0.5) is 0 Å². The number of nitrogens with zero attached hydrogens (tertiary/aromatic N) is 1. The third-order valence-corrected chi connectivity index (χ3v) is 3.57. The van der Waals surface area contributed by atoms with Crippen LogP contribution in [0.3, 0.4) is 0 Å². The average molecular weight is 277 g/mol. The summed E-state index contributed by atoms with van der Waals surface area (Å²) in [7, 11) is 1.66. The highest BCUT2D eigenvalue weighted by atomic mass is 16.3. The quantitative estimate of drug-likeness (QED) is 0.779. The molecule has 3 aromatic rings. The van der Waals surface area contributed by atoms with E-state index < -0.39 is 0 Å². The van der Waals surface area contributed by atoms with Crippen molar-refractivity contribution in [2.24, 2.45) is 7.05 Å². The summed E-state index contributed by atoms with van der Waals surface area (Å²) in [5.41, 5.74) is 3.61. The highest BCUT2D eigenvalue weighted by Gasteiger charge is 2.06. The molecule has 3 rings (SSSR count). The Balaban J connectivity index is 2.03. The monoisotopic (exact) mass is 277 g/mol. The van der Waals surface area contributed by atoms with Crippen LogP contribution in [-0.4, -0.2) is 9.67 Å². The molecule has 0 aliphatic rings. The minimum atomic E-state index is -0.389. The maximum Gasteiger partial charge on any atom is 0.292 e. The fourth-order valence-corrected chi connectivity index (χ4v) is 2.38. The van der Waals surface area contributed by atoms with Crippen LogP contribution in [0.25, 0.3) is 22.4 Å². The van der Waals surface area contributed by atoms with E-state index in [9.17, 15) is 9.90 Å². The van der Waals surface area contributed by atoms with Gasteiger partial charge in [-0.3, -0.25) is 4.79 Å². The zero-order chi connectivity index (χ0) is 14.8. The molecule has 0 spiro atoms. The first-order valence-electron chi connectivity index (χ1n) is 6.71. The van der Waals surface area contributed by atoms with Crippen LogP contribution in [0.5, 0.6) is 5.75 Å². The van der Waals surface area contributed by atoms with Crippen LogP contribution in [0.1, 0.15) is 0 Å². The van der Waals surface area contributed by atoms with Gasteiger partial charge in [-0.25, -0.2) is 0 Å². The van der Waals surface area contributed by atoms with Crippen LogP contribution in [-0.2, 0) is 7.05 Å². The lowest BCUT2D eigenvalue weighted by Crippen LogP contribution is -2.17. The molecule has 1 aromatic heterocycles. The van der Waals surface area contributed by atoms with Crippen LogP contribution in [0.15, 0.2) is 71.5 Å². The van der Waals surface area contributed by atoms with Crippen LogP contribution < -0.4 is 5.56 Å². The molecule has 0 atom stereocenters. The first-order valence-corrected chi connectivity index (χ1v) is 6.71. The van der Waals surface area contributed by atoms with Gasteiger partial charge in [0.1, 0.15) is 0 Å². The molecule has 1 N–H and O–H groups in total. The molecule has 0 saturated heterocycles. The predicted octanol–water partition coefficient (Wildman–Crippen LogP) is 3.42. The normalized spacial score (nSPS) is 10.5. The van der Waals surface area contributed by atoms with Crippen LogP contribution in [0.2, 0.25) is 0 Å². The summed E-state index contributed by atoms with van der Waals surface area (Å²) in [5, 5.41) is 9.43. The van der Waals surface area contributed by atoms with E-state index in [1.54, 1.807) is 13.1 Å². The molecule has 0 bridgehead atoms. The Kier molecular flexibility index (Phi) is 3.32. The predicted molar refractivity (Wildman–Crippen MR) is 84.2 cm³/mol. The van der Waals surface area contributed by atoms with Gasteiger partial charge in [-0.05, 0) is 28.8 Å². The van der Waals surface area contributed by atoms with Gasteiger partial charge in [-0.15, -0.1) is 0 Å². The summed E-state index contributed by atoms with van der Waals surface area (Å²) in [6.45, 7) is 0. The number of hydrogen-bond acceptors (Lipinski definition) is 2. The molecule has 104 valence electrons. The minimum Gasteiger partial charge on any atom is -0.503 e. The second-order valence-corrected chi connectivity index (χ2v) is 4.91. The number of aromatic hydroxyl groups is 1. The van der Waals surface area contributed by atoms with Crippen molar-refractivity contribution in [1.29, 1.82) is 0 Å². The summed E-state index contributed by atoms with van der Waals surface area (Å²) in [5.74, 6) is -0.234. The molecule has 0 aliphatic heterocycles. The van der Waals surface area contributed by atoms with Gasteiger partial charge in [0.2, 0.25) is 0 Å². The van der Waals surface area contributed by atoms with E-state index in [-0.39, 0.29) is 11.3 Å². The molecule has 0 amide bonds. The number of benzene rings is 2. The fraction of sp³-hybridized carbons (Fsp3) is 0.0556. The SMILES string of the molecule is Cn1c(-c2ccc(-c3ccccc3)cc2)ccc(O)c1=O. The van der Waals surface area contributed by atoms with E-state index in [1.165, 1.54) is 10.6 Å². The molecular formula is C18H15NO2. The summed E-state index contributed by atoms with van der Waals surface area (Å²) in [6.07, 6.45) is 0. The molecule has 1 heterocycles. The van der Waals surface area contributed by atoms with Crippen LogP contribution in [0, 0.1) is 0 Å². The van der Waals surface area contributed by atoms with Crippen molar-refractivity contribution in [2.45, 2.75) is 0 Å². The summed E-state index contributed by atoms with van der Waals surface area (Å²) < 4.78 is 1.45. The van der Waals surface area contributed by atoms with E-state index in [0.29, 0.717) is 0 Å². The highest BCUT2D eigenvalue weighted by molar-refractivity contribution is 5.69. The number of rotatable bonds is 2. The van der Waals surface area contributed by atoms with E-state index in [2.05, 4.69) is 12.1 Å². The van der Waals surface area contributed by atoms with E-state index in [0.717, 1.165) is 22.4 Å². The van der Waals surface area contributed by atoms with Gasteiger partial charge in [0.05, 0.1) is 5.69 Å². The van der Waals surface area contributed by atoms with Crippen molar-refractivity contribution in [3.05, 3.63) is 77.1 Å². The highest BCUT2D eigenvalue weighted by Crippen LogP contribution is 2.24. The summed E-state index contributed by atoms with van der Waals surface area (Å²) in [4.78, 5) is 11.8. The first kappa shape index (κ1) is 13.2. The van der Waals surface area contributed by atoms with Gasteiger partial charge in [0.15, 0.2) is 5.75 Å². The lowest BCUT2D eigenvalue weighted by Gasteiger charge is -2.09. The van der Waals surface area contributed by atoms with Crippen molar-refractivity contribution in [3.63, 3.8) is 0 Å². The third kappa shape index (κ3) is 2.46. The standard InChI is InChI=1S/C18H15NO2/c1-19-16(11-12-17(20)18(19)21)15-9-7-14(8-10-15)13-5-3-2-4-6-13/h2-12,20H,1H3. The van der Waals surface area contributed by atoms with Gasteiger partial charge in [0.25, 0.3) is 5.56 Å². The van der Waals surface area contributed by atoms with Gasteiger partial charge < -0.3 is 9.67 Å². The first-order chi connectivity index (χ1) is 10.2. The van der Waals surface area contributed by atoms with E-state index in [1.807, 2.05) is 42.5 Å². The van der Waals surface area contributed by atoms with Gasteiger partial charge in [-0.1, -0.05) is 54.6 Å². The lowest BCUT2D eigenvalue weighted by atomic mass is 10.0. The molecular weight excluding hydrogens is 262 g/mol. The van der Waals surface area contributed by atoms with Crippen molar-refractivity contribution in [3.8, 4) is 28.1 Å². The van der Waals surface area contributed by atoms with Gasteiger partial charge in [0, 0.05) is 7.05 Å². The molecule has 3 heteroatoms. The Labute approximate surface area is 122 Å². The third-order valence-electron chi connectivity index (χ3n) is 3.57. The zero-order valence-electron chi connectivity index (χ0n) is 11.7. The van der Waals surface area contributed by atoms with Gasteiger partial charge >= 0.3 is 0 Å². The van der Waals surface area contributed by atoms with E-state index >= 15 is 0 Å². The molecule has 0 aliphatic carbocycles. The fourth-order valence-electron chi connectivity index (χ4n) is 2.38. The molecule has 0 radical (unpaired) electrons. The Morgan fingerprint density at radius 2 is 1.33 bits per heavy atom. The minimum absolute atomic E-state index is 0.234. The van der Waals surface area contributed by atoms with Crippen molar-refractivity contribution >= 4 is 0 Å². The van der Waals surface area contributed by atoms with Crippen molar-refractivity contribution < 1.29 is 5.11 Å². The van der Waals surface area contributed by atoms with E-state index in [4.69, 9.17) is 0 Å². The molecule has 2 aromatic carbocycles. The van der Waals surface area contributed by atoms with Gasteiger partial charge in [-0.2, -0.15) is 0 Å². The molecule has 3 nitrogen and oxygen atoms in total. The molecule has 0 unspecified atom stereocenters. The zero-order valence-corrected chi connectivity index (χ0v) is 11.7. The Bertz CT molecular complexity index is 818. The summed E-state index contributed by atoms with van der Waals surface area (Å²) >= 11 is 0. The molecule has 0 fully saturated rings. The summed E-state index contributed by atoms with van der Waals surface area (Å²) in [6, 6.07) is 21.3. The van der Waals surface area contributed by atoms with Crippen molar-refractivity contribution in [2.75, 3.05) is 0 Å². The number of aromatic nitrogens is 1. The Morgan fingerprint density at radius 1 is 0.762 bits per heavy atom. The number of hydrogen-bond donors (Lipinski definition) is 1.